The van der Waals surface area contributed by atoms with E-state index in [0.717, 1.165) is 11.4 Å². The van der Waals surface area contributed by atoms with E-state index in [2.05, 4.69) is 5.10 Å². The molecule has 0 aliphatic heterocycles. The van der Waals surface area contributed by atoms with Gasteiger partial charge in [0.1, 0.15) is 0 Å². The largest absolute Gasteiger partial charge is 0.389 e. The van der Waals surface area contributed by atoms with Crippen LogP contribution in [-0.2, 0) is 0 Å². The second-order valence-electron chi connectivity index (χ2n) is 6.96. The van der Waals surface area contributed by atoms with Crippen molar-refractivity contribution in [2.45, 2.75) is 39.2 Å². The highest BCUT2D eigenvalue weighted by molar-refractivity contribution is 6.30. The molecule has 0 unspecified atom stereocenters. The van der Waals surface area contributed by atoms with Crippen LogP contribution in [0.1, 0.15) is 49.7 Å². The molecule has 0 aliphatic rings. The predicted molar refractivity (Wildman–Crippen MR) is 95.9 cm³/mol. The fourth-order valence-corrected chi connectivity index (χ4v) is 2.85. The number of halogens is 1. The third-order valence-corrected chi connectivity index (χ3v) is 3.88. The molecule has 0 saturated heterocycles. The Morgan fingerprint density at radius 1 is 1.33 bits per heavy atom. The van der Waals surface area contributed by atoms with Gasteiger partial charge in [-0.05, 0) is 44.0 Å². The van der Waals surface area contributed by atoms with E-state index < -0.39 is 5.60 Å². The first kappa shape index (κ1) is 18.5. The van der Waals surface area contributed by atoms with Gasteiger partial charge in [-0.2, -0.15) is 5.10 Å². The maximum Gasteiger partial charge on any atom is 0.257 e. The number of nitrogens with zero attached hydrogens (tertiary/aromatic N) is 3. The number of rotatable bonds is 5. The van der Waals surface area contributed by atoms with Crippen LogP contribution < -0.4 is 0 Å². The normalized spacial score (nSPS) is 11.8. The van der Waals surface area contributed by atoms with Crippen molar-refractivity contribution in [3.05, 3.63) is 46.7 Å². The van der Waals surface area contributed by atoms with Crippen LogP contribution in [0.15, 0.2) is 30.5 Å². The van der Waals surface area contributed by atoms with E-state index >= 15 is 0 Å². The lowest BCUT2D eigenvalue weighted by molar-refractivity contribution is 0.0367. The Morgan fingerprint density at radius 3 is 2.42 bits per heavy atom. The molecule has 0 spiro atoms. The molecule has 1 aromatic heterocycles. The monoisotopic (exact) mass is 349 g/mol. The fourth-order valence-electron chi connectivity index (χ4n) is 2.72. The van der Waals surface area contributed by atoms with Gasteiger partial charge >= 0.3 is 0 Å². The van der Waals surface area contributed by atoms with E-state index in [4.69, 9.17) is 11.6 Å². The van der Waals surface area contributed by atoms with Gasteiger partial charge < -0.3 is 10.0 Å². The summed E-state index contributed by atoms with van der Waals surface area (Å²) in [5, 5.41) is 15.0. The van der Waals surface area contributed by atoms with E-state index in [1.54, 1.807) is 43.9 Å². The van der Waals surface area contributed by atoms with Gasteiger partial charge in [0.2, 0.25) is 0 Å². The van der Waals surface area contributed by atoms with Crippen molar-refractivity contribution >= 4 is 17.5 Å². The molecule has 24 heavy (non-hydrogen) atoms. The van der Waals surface area contributed by atoms with Crippen LogP contribution in [0.4, 0.5) is 0 Å². The number of amides is 1. The Balaban J connectivity index is 2.42. The summed E-state index contributed by atoms with van der Waals surface area (Å²) in [6, 6.07) is 7.33. The molecule has 0 atom stereocenters. The van der Waals surface area contributed by atoms with Crippen molar-refractivity contribution < 1.29 is 9.90 Å². The van der Waals surface area contributed by atoms with E-state index in [9.17, 15) is 9.90 Å². The first-order valence-corrected chi connectivity index (χ1v) is 8.29. The second kappa shape index (κ2) is 6.95. The summed E-state index contributed by atoms with van der Waals surface area (Å²) in [6.07, 6.45) is 1.59. The molecule has 5 nitrogen and oxygen atoms in total. The highest BCUT2D eigenvalue weighted by Crippen LogP contribution is 2.25. The molecule has 0 aliphatic carbocycles. The number of aromatic nitrogens is 2. The molecule has 130 valence electrons. The molecule has 0 radical (unpaired) electrons. The van der Waals surface area contributed by atoms with Crippen LogP contribution in [-0.4, -0.2) is 44.9 Å². The highest BCUT2D eigenvalue weighted by atomic mass is 35.5. The summed E-state index contributed by atoms with van der Waals surface area (Å²) >= 11 is 5.95. The van der Waals surface area contributed by atoms with Gasteiger partial charge in [-0.25, -0.2) is 4.68 Å². The molecule has 0 fully saturated rings. The Labute approximate surface area is 147 Å². The first-order chi connectivity index (χ1) is 11.1. The summed E-state index contributed by atoms with van der Waals surface area (Å²) in [5.41, 5.74) is 1.29. The number of carbonyl (C=O) groups excluding carboxylic acids is 1. The number of benzene rings is 1. The molecular weight excluding hydrogens is 326 g/mol. The number of likely N-dealkylation sites (N-methyl/N-ethyl adjacent to an activating group) is 1. The van der Waals surface area contributed by atoms with Crippen LogP contribution in [0.25, 0.3) is 5.69 Å². The van der Waals surface area contributed by atoms with Crippen LogP contribution in [0, 0.1) is 0 Å². The molecule has 2 rings (SSSR count). The number of carbonyl (C=O) groups is 1. The molecule has 0 bridgehead atoms. The van der Waals surface area contributed by atoms with Crippen molar-refractivity contribution in [2.24, 2.45) is 0 Å². The first-order valence-electron chi connectivity index (χ1n) is 7.92. The van der Waals surface area contributed by atoms with Gasteiger partial charge in [-0.3, -0.25) is 4.79 Å². The average molecular weight is 350 g/mol. The predicted octanol–water partition coefficient (Wildman–Crippen LogP) is 3.49. The molecule has 1 N–H and O–H groups in total. The van der Waals surface area contributed by atoms with Gasteiger partial charge in [-0.1, -0.05) is 25.4 Å². The molecule has 2 aromatic rings. The zero-order valence-electron chi connectivity index (χ0n) is 14.7. The summed E-state index contributed by atoms with van der Waals surface area (Å²) in [5.74, 6) is -0.0429. The maximum absolute atomic E-state index is 12.8. The molecule has 1 heterocycles. The lowest BCUT2D eigenvalue weighted by atomic mass is 10.0. The topological polar surface area (TPSA) is 58.4 Å². The fraction of sp³-hybridized carbons (Fsp3) is 0.444. The van der Waals surface area contributed by atoms with Crippen LogP contribution in [0.3, 0.4) is 0 Å². The van der Waals surface area contributed by atoms with Crippen LogP contribution >= 0.6 is 11.6 Å². The zero-order valence-corrected chi connectivity index (χ0v) is 15.5. The highest BCUT2D eigenvalue weighted by Gasteiger charge is 2.26. The zero-order chi connectivity index (χ0) is 18.1. The second-order valence-corrected chi connectivity index (χ2v) is 7.40. The van der Waals surface area contributed by atoms with Gasteiger partial charge in [-0.15, -0.1) is 0 Å². The Morgan fingerprint density at radius 2 is 1.92 bits per heavy atom. The third-order valence-electron chi connectivity index (χ3n) is 3.63. The minimum atomic E-state index is -0.950. The van der Waals surface area contributed by atoms with Crippen molar-refractivity contribution in [3.63, 3.8) is 0 Å². The van der Waals surface area contributed by atoms with Gasteiger partial charge in [0.25, 0.3) is 5.91 Å². The standard InChI is InChI=1S/C18H24ClN3O2/c1-12(2)16-15(17(23)21(5)11-18(3,4)24)10-20-22(16)14-8-6-13(19)7-9-14/h6-10,12,24H,11H2,1-5H3. The molecule has 0 saturated carbocycles. The minimum Gasteiger partial charge on any atom is -0.389 e. The van der Waals surface area contributed by atoms with Crippen LogP contribution in [0.5, 0.6) is 0 Å². The van der Waals surface area contributed by atoms with Gasteiger partial charge in [0, 0.05) is 18.6 Å². The number of aliphatic hydroxyl groups is 1. The van der Waals surface area contributed by atoms with Gasteiger partial charge in [0.15, 0.2) is 0 Å². The van der Waals surface area contributed by atoms with Crippen LogP contribution in [0.2, 0.25) is 5.02 Å². The maximum atomic E-state index is 12.8. The molecule has 6 heteroatoms. The van der Waals surface area contributed by atoms with E-state index in [1.807, 2.05) is 26.0 Å². The summed E-state index contributed by atoms with van der Waals surface area (Å²) in [7, 11) is 1.68. The molecular formula is C18H24ClN3O2. The number of hydrogen-bond donors (Lipinski definition) is 1. The van der Waals surface area contributed by atoms with Crippen molar-refractivity contribution in [1.29, 1.82) is 0 Å². The average Bonchev–Trinajstić information content (AvgIpc) is 2.90. The molecule has 1 aromatic carbocycles. The van der Waals surface area contributed by atoms with E-state index in [0.29, 0.717) is 10.6 Å². The lowest BCUT2D eigenvalue weighted by Gasteiger charge is -2.26. The smallest absolute Gasteiger partial charge is 0.257 e. The van der Waals surface area contributed by atoms with Gasteiger partial charge in [0.05, 0.1) is 28.7 Å². The minimum absolute atomic E-state index is 0.109. The van der Waals surface area contributed by atoms with Crippen molar-refractivity contribution in [1.82, 2.24) is 14.7 Å². The Bertz CT molecular complexity index is 715. The third kappa shape index (κ3) is 4.16. The summed E-state index contributed by atoms with van der Waals surface area (Å²) < 4.78 is 1.77. The van der Waals surface area contributed by atoms with E-state index in [1.165, 1.54) is 4.90 Å². The Kier molecular flexibility index (Phi) is 5.35. The summed E-state index contributed by atoms with van der Waals surface area (Å²) in [6.45, 7) is 7.65. The van der Waals surface area contributed by atoms with Crippen molar-refractivity contribution in [3.8, 4) is 5.69 Å². The lowest BCUT2D eigenvalue weighted by Crippen LogP contribution is -2.40. The van der Waals surface area contributed by atoms with E-state index in [-0.39, 0.29) is 18.4 Å². The van der Waals surface area contributed by atoms with Crippen molar-refractivity contribution in [2.75, 3.05) is 13.6 Å². The number of hydrogen-bond acceptors (Lipinski definition) is 3. The summed E-state index contributed by atoms with van der Waals surface area (Å²) in [4.78, 5) is 14.3. The quantitative estimate of drug-likeness (QED) is 0.898. The Hall–Kier alpha value is -1.85. The molecule has 1 amide bonds. The SMILES string of the molecule is CC(C)c1c(C(=O)N(C)CC(C)(C)O)cnn1-c1ccc(Cl)cc1.